The zero-order chi connectivity index (χ0) is 12.1. The number of carbonyl (C=O) groups is 1. The highest BCUT2D eigenvalue weighted by molar-refractivity contribution is 7.99. The van der Waals surface area contributed by atoms with E-state index in [9.17, 15) is 4.79 Å². The van der Waals surface area contributed by atoms with Gasteiger partial charge in [0, 0.05) is 18.8 Å². The average Bonchev–Trinajstić information content (AvgIpc) is 2.58. The molecule has 1 amide bonds. The van der Waals surface area contributed by atoms with Crippen molar-refractivity contribution in [3.8, 4) is 0 Å². The number of thioether (sulfide) groups is 1. The highest BCUT2D eigenvalue weighted by Gasteiger charge is 2.14. The molecule has 6 heteroatoms. The standard InChI is InChI=1S/C10H18N4OS/c1-7(16-3)4-5-12-10(15)9-8(11)6-13-14(9)2/h6-7H,4-5,11H2,1-3H3,(H,12,15). The molecule has 5 nitrogen and oxygen atoms in total. The molecule has 1 aromatic heterocycles. The largest absolute Gasteiger partial charge is 0.396 e. The third-order valence-corrected chi connectivity index (χ3v) is 3.46. The first-order chi connectivity index (χ1) is 7.56. The summed E-state index contributed by atoms with van der Waals surface area (Å²) < 4.78 is 1.49. The lowest BCUT2D eigenvalue weighted by Gasteiger charge is -2.09. The molecular formula is C10H18N4OS. The lowest BCUT2D eigenvalue weighted by atomic mass is 10.3. The first-order valence-electron chi connectivity index (χ1n) is 5.14. The minimum atomic E-state index is -0.161. The lowest BCUT2D eigenvalue weighted by Crippen LogP contribution is -2.28. The van der Waals surface area contributed by atoms with Crippen LogP contribution in [0, 0.1) is 0 Å². The van der Waals surface area contributed by atoms with E-state index in [1.807, 2.05) is 0 Å². The Kier molecular flexibility index (Phi) is 4.67. The molecule has 1 atom stereocenters. The van der Waals surface area contributed by atoms with Crippen molar-refractivity contribution in [2.75, 3.05) is 18.5 Å². The van der Waals surface area contributed by atoms with Crippen LogP contribution in [0.3, 0.4) is 0 Å². The summed E-state index contributed by atoms with van der Waals surface area (Å²) in [6.45, 7) is 2.79. The van der Waals surface area contributed by atoms with Gasteiger partial charge in [0.25, 0.3) is 5.91 Å². The van der Waals surface area contributed by atoms with E-state index in [-0.39, 0.29) is 5.91 Å². The Morgan fingerprint density at radius 2 is 2.44 bits per heavy atom. The van der Waals surface area contributed by atoms with Gasteiger partial charge in [-0.05, 0) is 12.7 Å². The van der Waals surface area contributed by atoms with E-state index in [2.05, 4.69) is 23.6 Å². The number of nitrogens with two attached hydrogens (primary N) is 1. The number of aryl methyl sites for hydroxylation is 1. The minimum absolute atomic E-state index is 0.161. The summed E-state index contributed by atoms with van der Waals surface area (Å²) in [5, 5.41) is 7.31. The molecule has 0 aliphatic rings. The van der Waals surface area contributed by atoms with Crippen LogP contribution in [-0.4, -0.2) is 33.7 Å². The average molecular weight is 242 g/mol. The minimum Gasteiger partial charge on any atom is -0.396 e. The Bertz CT molecular complexity index is 344. The summed E-state index contributed by atoms with van der Waals surface area (Å²) in [5.74, 6) is -0.161. The Hall–Kier alpha value is -1.17. The molecule has 0 saturated heterocycles. The maximum atomic E-state index is 11.8. The van der Waals surface area contributed by atoms with Crippen LogP contribution < -0.4 is 11.1 Å². The molecular weight excluding hydrogens is 224 g/mol. The Labute approximate surface area is 99.8 Å². The predicted octanol–water partition coefficient (Wildman–Crippen LogP) is 0.874. The first kappa shape index (κ1) is 12.9. The number of nitrogens with one attached hydrogen (secondary N) is 1. The van der Waals surface area contributed by atoms with Crippen LogP contribution in [0.4, 0.5) is 5.69 Å². The first-order valence-corrected chi connectivity index (χ1v) is 6.43. The molecule has 0 radical (unpaired) electrons. The zero-order valence-corrected chi connectivity index (χ0v) is 10.7. The fourth-order valence-corrected chi connectivity index (χ4v) is 1.68. The predicted molar refractivity (Wildman–Crippen MR) is 67.5 cm³/mol. The van der Waals surface area contributed by atoms with Crippen molar-refractivity contribution in [3.05, 3.63) is 11.9 Å². The number of aromatic nitrogens is 2. The van der Waals surface area contributed by atoms with Gasteiger partial charge >= 0.3 is 0 Å². The molecule has 0 saturated carbocycles. The van der Waals surface area contributed by atoms with E-state index in [0.717, 1.165) is 6.42 Å². The molecule has 1 heterocycles. The maximum absolute atomic E-state index is 11.8. The van der Waals surface area contributed by atoms with E-state index < -0.39 is 0 Å². The molecule has 0 aromatic carbocycles. The van der Waals surface area contributed by atoms with Crippen LogP contribution in [0.5, 0.6) is 0 Å². The lowest BCUT2D eigenvalue weighted by molar-refractivity contribution is 0.0945. The zero-order valence-electron chi connectivity index (χ0n) is 9.86. The van der Waals surface area contributed by atoms with Gasteiger partial charge in [0.05, 0.1) is 11.9 Å². The molecule has 1 rings (SSSR count). The van der Waals surface area contributed by atoms with E-state index in [0.29, 0.717) is 23.2 Å². The summed E-state index contributed by atoms with van der Waals surface area (Å²) >= 11 is 1.79. The van der Waals surface area contributed by atoms with Crippen LogP contribution in [0.1, 0.15) is 23.8 Å². The second-order valence-corrected chi connectivity index (χ2v) is 4.94. The number of nitrogens with zero attached hydrogens (tertiary/aromatic N) is 2. The van der Waals surface area contributed by atoms with Gasteiger partial charge in [0.15, 0.2) is 0 Å². The van der Waals surface area contributed by atoms with Crippen molar-refractivity contribution < 1.29 is 4.79 Å². The van der Waals surface area contributed by atoms with Crippen molar-refractivity contribution in [1.82, 2.24) is 15.1 Å². The number of rotatable bonds is 5. The molecule has 1 unspecified atom stereocenters. The molecule has 1 aromatic rings. The third-order valence-electron chi connectivity index (χ3n) is 2.42. The number of amides is 1. The Morgan fingerprint density at radius 3 is 2.94 bits per heavy atom. The van der Waals surface area contributed by atoms with Crippen LogP contribution in [-0.2, 0) is 7.05 Å². The van der Waals surface area contributed by atoms with Gasteiger partial charge < -0.3 is 11.1 Å². The topological polar surface area (TPSA) is 72.9 Å². The van der Waals surface area contributed by atoms with Gasteiger partial charge in [0.1, 0.15) is 5.69 Å². The summed E-state index contributed by atoms with van der Waals surface area (Å²) in [6.07, 6.45) is 4.50. The molecule has 90 valence electrons. The Morgan fingerprint density at radius 1 is 1.75 bits per heavy atom. The van der Waals surface area contributed by atoms with E-state index in [1.54, 1.807) is 18.8 Å². The van der Waals surface area contributed by atoms with Crippen molar-refractivity contribution in [1.29, 1.82) is 0 Å². The maximum Gasteiger partial charge on any atom is 0.271 e. The number of hydrogen-bond donors (Lipinski definition) is 2. The van der Waals surface area contributed by atoms with Gasteiger partial charge in [-0.15, -0.1) is 0 Å². The normalized spacial score (nSPS) is 12.4. The van der Waals surface area contributed by atoms with Crippen LogP contribution >= 0.6 is 11.8 Å². The summed E-state index contributed by atoms with van der Waals surface area (Å²) in [4.78, 5) is 11.8. The second kappa shape index (κ2) is 5.79. The molecule has 0 aliphatic heterocycles. The smallest absolute Gasteiger partial charge is 0.271 e. The summed E-state index contributed by atoms with van der Waals surface area (Å²) in [5.41, 5.74) is 6.49. The van der Waals surface area contributed by atoms with Crippen LogP contribution in [0.25, 0.3) is 0 Å². The van der Waals surface area contributed by atoms with Gasteiger partial charge in [-0.1, -0.05) is 6.92 Å². The molecule has 3 N–H and O–H groups in total. The van der Waals surface area contributed by atoms with Crippen LogP contribution in [0.15, 0.2) is 6.20 Å². The fraction of sp³-hybridized carbons (Fsp3) is 0.600. The molecule has 0 fully saturated rings. The number of carbonyl (C=O) groups excluding carboxylic acids is 1. The van der Waals surface area contributed by atoms with E-state index >= 15 is 0 Å². The Balaban J connectivity index is 2.47. The van der Waals surface area contributed by atoms with Crippen molar-refractivity contribution in [2.24, 2.45) is 7.05 Å². The number of nitrogen functional groups attached to an aromatic ring is 1. The fourth-order valence-electron chi connectivity index (χ4n) is 1.32. The SMILES string of the molecule is CSC(C)CCNC(=O)c1c(N)cnn1C. The van der Waals surface area contributed by atoms with E-state index in [4.69, 9.17) is 5.73 Å². The quantitative estimate of drug-likeness (QED) is 0.803. The third kappa shape index (κ3) is 3.16. The monoisotopic (exact) mass is 242 g/mol. The van der Waals surface area contributed by atoms with Crippen molar-refractivity contribution >= 4 is 23.4 Å². The van der Waals surface area contributed by atoms with Crippen molar-refractivity contribution in [3.63, 3.8) is 0 Å². The highest BCUT2D eigenvalue weighted by atomic mass is 32.2. The molecule has 0 spiro atoms. The van der Waals surface area contributed by atoms with Gasteiger partial charge in [-0.3, -0.25) is 9.48 Å². The van der Waals surface area contributed by atoms with Crippen molar-refractivity contribution in [2.45, 2.75) is 18.6 Å². The van der Waals surface area contributed by atoms with Crippen LogP contribution in [0.2, 0.25) is 0 Å². The second-order valence-electron chi connectivity index (χ2n) is 3.66. The highest BCUT2D eigenvalue weighted by Crippen LogP contribution is 2.10. The van der Waals surface area contributed by atoms with Gasteiger partial charge in [0.2, 0.25) is 0 Å². The van der Waals surface area contributed by atoms with Gasteiger partial charge in [-0.25, -0.2) is 0 Å². The van der Waals surface area contributed by atoms with E-state index in [1.165, 1.54) is 10.9 Å². The number of hydrogen-bond acceptors (Lipinski definition) is 4. The molecule has 16 heavy (non-hydrogen) atoms. The number of anilines is 1. The van der Waals surface area contributed by atoms with Gasteiger partial charge in [-0.2, -0.15) is 16.9 Å². The molecule has 0 bridgehead atoms. The molecule has 0 aliphatic carbocycles. The summed E-state index contributed by atoms with van der Waals surface area (Å²) in [7, 11) is 1.70. The summed E-state index contributed by atoms with van der Waals surface area (Å²) in [6, 6.07) is 0.